The van der Waals surface area contributed by atoms with Crippen molar-refractivity contribution >= 4 is 11.8 Å². The minimum Gasteiger partial charge on any atom is -0.496 e. The number of nitrogens with zero attached hydrogens (tertiary/aromatic N) is 2. The quantitative estimate of drug-likeness (QED) is 0.762. The molecule has 1 aliphatic carbocycles. The standard InChI is InChI=1S/C19H26N4O/c1-4-13(2)21-19-22-16(14-9-10-14)11-18(23-19)20-12-15-7-5-6-8-17(15)24-3/h5-8,11,13-14H,4,9-10,12H2,1-3H3,(H2,20,21,22,23)/t13-/m1/s1. The largest absolute Gasteiger partial charge is 0.496 e. The second-order valence-corrected chi connectivity index (χ2v) is 6.39. The Hall–Kier alpha value is -2.30. The number of ether oxygens (including phenoxy) is 1. The predicted molar refractivity (Wildman–Crippen MR) is 97.7 cm³/mol. The summed E-state index contributed by atoms with van der Waals surface area (Å²) in [5.41, 5.74) is 2.25. The molecule has 1 heterocycles. The van der Waals surface area contributed by atoms with Crippen molar-refractivity contribution in [3.05, 3.63) is 41.6 Å². The van der Waals surface area contributed by atoms with Gasteiger partial charge in [-0.25, -0.2) is 4.98 Å². The van der Waals surface area contributed by atoms with Crippen LogP contribution in [0, 0.1) is 0 Å². The summed E-state index contributed by atoms with van der Waals surface area (Å²) < 4.78 is 5.41. The number of aromatic nitrogens is 2. The number of nitrogens with one attached hydrogen (secondary N) is 2. The van der Waals surface area contributed by atoms with Crippen molar-refractivity contribution in [1.29, 1.82) is 0 Å². The normalized spacial score (nSPS) is 15.0. The first kappa shape index (κ1) is 16.6. The third-order valence-electron chi connectivity index (χ3n) is 4.38. The van der Waals surface area contributed by atoms with Gasteiger partial charge in [0.15, 0.2) is 0 Å². The van der Waals surface area contributed by atoms with Gasteiger partial charge in [0.05, 0.1) is 12.8 Å². The molecule has 1 atom stereocenters. The molecule has 5 nitrogen and oxygen atoms in total. The van der Waals surface area contributed by atoms with E-state index in [1.165, 1.54) is 12.8 Å². The van der Waals surface area contributed by atoms with Gasteiger partial charge >= 0.3 is 0 Å². The number of methoxy groups -OCH3 is 1. The summed E-state index contributed by atoms with van der Waals surface area (Å²) in [6, 6.07) is 10.5. The second-order valence-electron chi connectivity index (χ2n) is 6.39. The van der Waals surface area contributed by atoms with Crippen molar-refractivity contribution in [2.45, 2.75) is 51.6 Å². The molecule has 24 heavy (non-hydrogen) atoms. The van der Waals surface area contributed by atoms with Crippen LogP contribution >= 0.6 is 0 Å². The zero-order chi connectivity index (χ0) is 16.9. The number of hydrogen-bond acceptors (Lipinski definition) is 5. The van der Waals surface area contributed by atoms with Gasteiger partial charge in [-0.05, 0) is 32.3 Å². The molecule has 1 saturated carbocycles. The van der Waals surface area contributed by atoms with Crippen LogP contribution in [0.15, 0.2) is 30.3 Å². The Balaban J connectivity index is 1.76. The Kier molecular flexibility index (Phi) is 5.18. The van der Waals surface area contributed by atoms with Crippen molar-refractivity contribution in [2.75, 3.05) is 17.7 Å². The maximum atomic E-state index is 5.41. The molecule has 1 fully saturated rings. The van der Waals surface area contributed by atoms with Crippen LogP contribution in [0.1, 0.15) is 50.3 Å². The van der Waals surface area contributed by atoms with Crippen LogP contribution in [0.25, 0.3) is 0 Å². The molecule has 1 aliphatic rings. The van der Waals surface area contributed by atoms with Crippen LogP contribution in [0.3, 0.4) is 0 Å². The lowest BCUT2D eigenvalue weighted by Gasteiger charge is -2.15. The Labute approximate surface area is 143 Å². The molecule has 0 bridgehead atoms. The Morgan fingerprint density at radius 2 is 2.04 bits per heavy atom. The minimum atomic E-state index is 0.363. The van der Waals surface area contributed by atoms with Gasteiger partial charge in [-0.3, -0.25) is 0 Å². The van der Waals surface area contributed by atoms with Gasteiger partial charge in [-0.15, -0.1) is 0 Å². The van der Waals surface area contributed by atoms with E-state index in [9.17, 15) is 0 Å². The van der Waals surface area contributed by atoms with Crippen LogP contribution < -0.4 is 15.4 Å². The van der Waals surface area contributed by atoms with Crippen molar-refractivity contribution in [1.82, 2.24) is 9.97 Å². The molecule has 2 aromatic rings. The van der Waals surface area contributed by atoms with E-state index in [0.29, 0.717) is 18.5 Å². The average molecular weight is 326 g/mol. The topological polar surface area (TPSA) is 59.1 Å². The second kappa shape index (κ2) is 7.51. The molecule has 0 amide bonds. The number of rotatable bonds is 8. The van der Waals surface area contributed by atoms with Gasteiger partial charge in [-0.1, -0.05) is 25.1 Å². The molecule has 5 heteroatoms. The highest BCUT2D eigenvalue weighted by atomic mass is 16.5. The highest BCUT2D eigenvalue weighted by Crippen LogP contribution is 2.40. The summed E-state index contributed by atoms with van der Waals surface area (Å²) in [6.07, 6.45) is 3.50. The predicted octanol–water partition coefficient (Wildman–Crippen LogP) is 4.19. The first-order valence-electron chi connectivity index (χ1n) is 8.71. The van der Waals surface area contributed by atoms with Gasteiger partial charge in [0.2, 0.25) is 5.95 Å². The minimum absolute atomic E-state index is 0.363. The fourth-order valence-electron chi connectivity index (χ4n) is 2.57. The summed E-state index contributed by atoms with van der Waals surface area (Å²) in [4.78, 5) is 9.31. The van der Waals surface area contributed by atoms with Gasteiger partial charge in [0, 0.05) is 30.1 Å². The smallest absolute Gasteiger partial charge is 0.225 e. The fourth-order valence-corrected chi connectivity index (χ4v) is 2.57. The number of para-hydroxylation sites is 1. The lowest BCUT2D eigenvalue weighted by atomic mass is 10.2. The fraction of sp³-hybridized carbons (Fsp3) is 0.474. The summed E-state index contributed by atoms with van der Waals surface area (Å²) in [5, 5.41) is 6.81. The maximum Gasteiger partial charge on any atom is 0.225 e. The molecule has 3 rings (SSSR count). The summed E-state index contributed by atoms with van der Waals surface area (Å²) in [5.74, 6) is 3.07. The van der Waals surface area contributed by atoms with Crippen LogP contribution in [-0.2, 0) is 6.54 Å². The van der Waals surface area contributed by atoms with Gasteiger partial charge in [-0.2, -0.15) is 4.98 Å². The van der Waals surface area contributed by atoms with E-state index >= 15 is 0 Å². The van der Waals surface area contributed by atoms with E-state index in [1.54, 1.807) is 7.11 Å². The molecular formula is C19H26N4O. The Morgan fingerprint density at radius 1 is 1.25 bits per heavy atom. The van der Waals surface area contributed by atoms with Gasteiger partial charge in [0.25, 0.3) is 0 Å². The lowest BCUT2D eigenvalue weighted by molar-refractivity contribution is 0.410. The molecule has 2 N–H and O–H groups in total. The molecule has 1 aromatic heterocycles. The number of hydrogen-bond donors (Lipinski definition) is 2. The van der Waals surface area contributed by atoms with E-state index < -0.39 is 0 Å². The van der Waals surface area contributed by atoms with E-state index in [4.69, 9.17) is 4.74 Å². The van der Waals surface area contributed by atoms with Gasteiger partial charge < -0.3 is 15.4 Å². The molecule has 0 spiro atoms. The summed E-state index contributed by atoms with van der Waals surface area (Å²) in [7, 11) is 1.70. The number of benzene rings is 1. The van der Waals surface area contributed by atoms with Crippen molar-refractivity contribution in [3.8, 4) is 5.75 Å². The third kappa shape index (κ3) is 4.16. The highest BCUT2D eigenvalue weighted by Gasteiger charge is 2.26. The molecule has 0 saturated heterocycles. The van der Waals surface area contributed by atoms with Crippen LogP contribution in [0.5, 0.6) is 5.75 Å². The monoisotopic (exact) mass is 326 g/mol. The SMILES string of the molecule is CC[C@@H](C)Nc1nc(NCc2ccccc2OC)cc(C2CC2)n1. The summed E-state index contributed by atoms with van der Waals surface area (Å²) in [6.45, 7) is 4.98. The number of anilines is 2. The van der Waals surface area contributed by atoms with Crippen molar-refractivity contribution in [2.24, 2.45) is 0 Å². The lowest BCUT2D eigenvalue weighted by Crippen LogP contribution is -2.17. The summed E-state index contributed by atoms with van der Waals surface area (Å²) >= 11 is 0. The third-order valence-corrected chi connectivity index (χ3v) is 4.38. The van der Waals surface area contributed by atoms with E-state index in [-0.39, 0.29) is 0 Å². The Bertz CT molecular complexity index is 685. The molecule has 0 radical (unpaired) electrons. The first-order valence-corrected chi connectivity index (χ1v) is 8.71. The molecular weight excluding hydrogens is 300 g/mol. The zero-order valence-corrected chi connectivity index (χ0v) is 14.7. The van der Waals surface area contributed by atoms with Crippen molar-refractivity contribution in [3.63, 3.8) is 0 Å². The maximum absolute atomic E-state index is 5.41. The zero-order valence-electron chi connectivity index (χ0n) is 14.7. The molecule has 0 aliphatic heterocycles. The molecule has 0 unspecified atom stereocenters. The van der Waals surface area contributed by atoms with Gasteiger partial charge in [0.1, 0.15) is 11.6 Å². The van der Waals surface area contributed by atoms with Crippen LogP contribution in [0.4, 0.5) is 11.8 Å². The van der Waals surface area contributed by atoms with Crippen LogP contribution in [0.2, 0.25) is 0 Å². The highest BCUT2D eigenvalue weighted by molar-refractivity contribution is 5.46. The molecule has 1 aromatic carbocycles. The first-order chi connectivity index (χ1) is 11.7. The average Bonchev–Trinajstić information content (AvgIpc) is 3.45. The van der Waals surface area contributed by atoms with E-state index in [1.807, 2.05) is 18.2 Å². The van der Waals surface area contributed by atoms with Crippen LogP contribution in [-0.4, -0.2) is 23.1 Å². The van der Waals surface area contributed by atoms with E-state index in [2.05, 4.69) is 46.6 Å². The Morgan fingerprint density at radius 3 is 2.75 bits per heavy atom. The van der Waals surface area contributed by atoms with Crippen molar-refractivity contribution < 1.29 is 4.74 Å². The molecule has 128 valence electrons. The van der Waals surface area contributed by atoms with E-state index in [0.717, 1.165) is 35.2 Å².